The van der Waals surface area contributed by atoms with E-state index in [-0.39, 0.29) is 41.1 Å². The molecule has 3 heterocycles. The third-order valence-corrected chi connectivity index (χ3v) is 4.05. The number of hydrogen-bond acceptors (Lipinski definition) is 4. The molecule has 0 saturated heterocycles. The highest BCUT2D eigenvalue weighted by atomic mass is 19.3. The Balaban J connectivity index is 2.16. The summed E-state index contributed by atoms with van der Waals surface area (Å²) in [5, 5.41) is 6.33. The van der Waals surface area contributed by atoms with Gasteiger partial charge in [0.05, 0.1) is 17.6 Å². The highest BCUT2D eigenvalue weighted by Crippen LogP contribution is 2.32. The summed E-state index contributed by atoms with van der Waals surface area (Å²) >= 11 is 0. The Kier molecular flexibility index (Phi) is 4.37. The van der Waals surface area contributed by atoms with Crippen LogP contribution in [0.3, 0.4) is 0 Å². The monoisotopic (exact) mass is 334 g/mol. The minimum Gasteiger partial charge on any atom is -0.323 e. The van der Waals surface area contributed by atoms with Crippen molar-refractivity contribution >= 4 is 17.4 Å². The number of alkyl halides is 2. The number of Topliss-reactive ketones (excluding diaryl/α,β-unsaturated/α-hetero) is 1. The van der Waals surface area contributed by atoms with Gasteiger partial charge in [-0.05, 0) is 25.0 Å². The lowest BCUT2D eigenvalue weighted by Crippen LogP contribution is -2.21. The summed E-state index contributed by atoms with van der Waals surface area (Å²) in [4.78, 5) is 28.5. The van der Waals surface area contributed by atoms with Gasteiger partial charge in [0, 0.05) is 24.1 Å². The Morgan fingerprint density at radius 3 is 2.92 bits per heavy atom. The first-order chi connectivity index (χ1) is 11.5. The average Bonchev–Trinajstić information content (AvgIpc) is 2.97. The number of nitrogens with zero attached hydrogens (tertiary/aromatic N) is 3. The van der Waals surface area contributed by atoms with E-state index in [2.05, 4.69) is 15.4 Å². The van der Waals surface area contributed by atoms with E-state index < -0.39 is 6.55 Å². The van der Waals surface area contributed by atoms with E-state index >= 15 is 0 Å². The van der Waals surface area contributed by atoms with Gasteiger partial charge in [0.15, 0.2) is 5.78 Å². The molecule has 1 amide bonds. The zero-order valence-electron chi connectivity index (χ0n) is 13.0. The summed E-state index contributed by atoms with van der Waals surface area (Å²) in [5.74, 6) is -0.798. The molecule has 0 aliphatic carbocycles. The number of fused-ring (bicyclic) bond motifs is 4. The van der Waals surface area contributed by atoms with E-state index in [9.17, 15) is 18.4 Å². The van der Waals surface area contributed by atoms with Crippen molar-refractivity contribution in [3.05, 3.63) is 30.2 Å². The minimum atomic E-state index is -2.87. The van der Waals surface area contributed by atoms with Crippen LogP contribution in [-0.2, 0) is 4.79 Å². The number of nitrogens with one attached hydrogen (secondary N) is 1. The van der Waals surface area contributed by atoms with Crippen LogP contribution in [0.15, 0.2) is 24.5 Å². The molecule has 1 aliphatic heterocycles. The topological polar surface area (TPSA) is 76.9 Å². The number of carbonyl (C=O) groups excluding carboxylic acids is 2. The summed E-state index contributed by atoms with van der Waals surface area (Å²) in [6.45, 7) is -1.14. The van der Waals surface area contributed by atoms with Crippen LogP contribution in [0.5, 0.6) is 0 Å². The highest BCUT2D eigenvalue weighted by Gasteiger charge is 2.24. The molecular formula is C16H16F2N4O2. The second-order valence-electron chi connectivity index (χ2n) is 5.76. The minimum absolute atomic E-state index is 0.0579. The number of amides is 1. The SMILES string of the molecule is C[C@@H]1CCCC(=O)c2cc(ccn2)-c2c(cnn2C(F)F)NC1=O. The lowest BCUT2D eigenvalue weighted by molar-refractivity contribution is -0.119. The molecule has 2 bridgehead atoms. The fraction of sp³-hybridized carbons (Fsp3) is 0.375. The predicted molar refractivity (Wildman–Crippen MR) is 82.7 cm³/mol. The molecule has 24 heavy (non-hydrogen) atoms. The van der Waals surface area contributed by atoms with Gasteiger partial charge in [0.1, 0.15) is 5.69 Å². The molecule has 0 saturated carbocycles. The smallest absolute Gasteiger partial charge is 0.323 e. The molecule has 126 valence electrons. The lowest BCUT2D eigenvalue weighted by atomic mass is 9.99. The molecule has 3 rings (SSSR count). The number of ketones is 1. The normalized spacial score (nSPS) is 18.6. The summed E-state index contributed by atoms with van der Waals surface area (Å²) in [7, 11) is 0. The van der Waals surface area contributed by atoms with E-state index in [0.717, 1.165) is 0 Å². The molecule has 0 fully saturated rings. The standard InChI is InChI=1S/C16H16F2N4O2/c1-9-3-2-4-13(23)11-7-10(5-6-19-11)14-12(21-15(9)24)8-20-22(14)16(17)18/h5-9,16H,2-4H2,1H3,(H,21,24)/t9-/m1/s1. The second kappa shape index (κ2) is 6.46. The molecule has 1 N–H and O–H groups in total. The maximum absolute atomic E-state index is 13.3. The third-order valence-electron chi connectivity index (χ3n) is 4.05. The van der Waals surface area contributed by atoms with Crippen LogP contribution < -0.4 is 5.32 Å². The number of rotatable bonds is 1. The third kappa shape index (κ3) is 3.04. The molecule has 0 aromatic carbocycles. The Hall–Kier alpha value is -2.64. The van der Waals surface area contributed by atoms with Crippen molar-refractivity contribution < 1.29 is 18.4 Å². The van der Waals surface area contributed by atoms with Gasteiger partial charge >= 0.3 is 6.55 Å². The van der Waals surface area contributed by atoms with Gasteiger partial charge in [-0.2, -0.15) is 13.9 Å². The van der Waals surface area contributed by atoms with Crippen molar-refractivity contribution in [3.63, 3.8) is 0 Å². The van der Waals surface area contributed by atoms with E-state index in [0.29, 0.717) is 23.1 Å². The van der Waals surface area contributed by atoms with Crippen LogP contribution in [0.2, 0.25) is 0 Å². The number of carbonyl (C=O) groups is 2. The molecule has 8 heteroatoms. The molecule has 2 aromatic heterocycles. The fourth-order valence-corrected chi connectivity index (χ4v) is 2.70. The van der Waals surface area contributed by atoms with Crippen LogP contribution in [0.4, 0.5) is 14.5 Å². The quantitative estimate of drug-likeness (QED) is 0.868. The molecule has 0 unspecified atom stereocenters. The van der Waals surface area contributed by atoms with E-state index in [1.807, 2.05) is 0 Å². The maximum atomic E-state index is 13.3. The summed E-state index contributed by atoms with van der Waals surface area (Å²) in [5.41, 5.74) is 0.828. The molecule has 6 nitrogen and oxygen atoms in total. The van der Waals surface area contributed by atoms with Crippen molar-refractivity contribution in [2.75, 3.05) is 5.32 Å². The highest BCUT2D eigenvalue weighted by molar-refractivity contribution is 5.98. The Morgan fingerprint density at radius 1 is 1.38 bits per heavy atom. The lowest BCUT2D eigenvalue weighted by Gasteiger charge is -2.15. The Morgan fingerprint density at radius 2 is 2.17 bits per heavy atom. The Labute approximate surface area is 136 Å². The van der Waals surface area contributed by atoms with Crippen LogP contribution in [0, 0.1) is 5.92 Å². The average molecular weight is 334 g/mol. The molecule has 0 spiro atoms. The predicted octanol–water partition coefficient (Wildman–Crippen LogP) is 3.28. The molecule has 2 aromatic rings. The summed E-state index contributed by atoms with van der Waals surface area (Å²) < 4.78 is 27.1. The van der Waals surface area contributed by atoms with Crippen molar-refractivity contribution in [2.45, 2.75) is 32.7 Å². The zero-order valence-corrected chi connectivity index (χ0v) is 13.0. The van der Waals surface area contributed by atoms with Crippen molar-refractivity contribution in [2.24, 2.45) is 5.92 Å². The molecular weight excluding hydrogens is 318 g/mol. The van der Waals surface area contributed by atoms with Crippen LogP contribution in [0.25, 0.3) is 11.3 Å². The first-order valence-electron chi connectivity index (χ1n) is 7.63. The van der Waals surface area contributed by atoms with Crippen LogP contribution >= 0.6 is 0 Å². The molecule has 0 radical (unpaired) electrons. The molecule has 1 atom stereocenters. The van der Waals surface area contributed by atoms with Gasteiger partial charge in [-0.1, -0.05) is 6.92 Å². The fourth-order valence-electron chi connectivity index (χ4n) is 2.70. The largest absolute Gasteiger partial charge is 0.333 e. The number of aromatic nitrogens is 3. The number of pyridine rings is 1. The van der Waals surface area contributed by atoms with E-state index in [1.54, 1.807) is 6.92 Å². The first kappa shape index (κ1) is 16.2. The van der Waals surface area contributed by atoms with Crippen molar-refractivity contribution in [1.29, 1.82) is 0 Å². The van der Waals surface area contributed by atoms with Gasteiger partial charge in [0.25, 0.3) is 0 Å². The van der Waals surface area contributed by atoms with Crippen LogP contribution in [0.1, 0.15) is 43.2 Å². The van der Waals surface area contributed by atoms with Gasteiger partial charge < -0.3 is 5.32 Å². The van der Waals surface area contributed by atoms with E-state index in [1.165, 1.54) is 24.5 Å². The van der Waals surface area contributed by atoms with Gasteiger partial charge in [-0.3, -0.25) is 14.6 Å². The van der Waals surface area contributed by atoms with Gasteiger partial charge in [0.2, 0.25) is 5.91 Å². The Bertz CT molecular complexity index is 788. The van der Waals surface area contributed by atoms with Crippen molar-refractivity contribution in [1.82, 2.24) is 14.8 Å². The van der Waals surface area contributed by atoms with Crippen LogP contribution in [-0.4, -0.2) is 26.5 Å². The summed E-state index contributed by atoms with van der Waals surface area (Å²) in [6, 6.07) is 2.97. The summed E-state index contributed by atoms with van der Waals surface area (Å²) in [6.07, 6.45) is 3.93. The molecule has 1 aliphatic rings. The van der Waals surface area contributed by atoms with Gasteiger partial charge in [-0.25, -0.2) is 4.68 Å². The van der Waals surface area contributed by atoms with Crippen molar-refractivity contribution in [3.8, 4) is 11.3 Å². The zero-order chi connectivity index (χ0) is 17.3. The number of halogens is 2. The number of anilines is 1. The van der Waals surface area contributed by atoms with Gasteiger partial charge in [-0.15, -0.1) is 0 Å². The van der Waals surface area contributed by atoms with E-state index in [4.69, 9.17) is 0 Å². The second-order valence-corrected chi connectivity index (χ2v) is 5.76. The maximum Gasteiger partial charge on any atom is 0.333 e. The number of hydrogen-bond donors (Lipinski definition) is 1. The first-order valence-corrected chi connectivity index (χ1v) is 7.63.